The van der Waals surface area contributed by atoms with Crippen LogP contribution in [0.15, 0.2) is 0 Å². The smallest absolute Gasteiger partial charge is 0.107 e. The molecule has 0 saturated carbocycles. The van der Waals surface area contributed by atoms with Crippen molar-refractivity contribution in [2.75, 3.05) is 13.7 Å². The Bertz CT molecular complexity index is 105. The molecule has 3 nitrogen and oxygen atoms in total. The molecule has 60 valence electrons. The zero-order valence-corrected chi connectivity index (χ0v) is 6.41. The van der Waals surface area contributed by atoms with Gasteiger partial charge in [-0.3, -0.25) is 0 Å². The number of ether oxygens (including phenoxy) is 2. The van der Waals surface area contributed by atoms with E-state index in [0.717, 1.165) is 6.42 Å². The largest absolute Gasteiger partial charge is 0.390 e. The average Bonchev–Trinajstić information content (AvgIpc) is 2.13. The molecule has 1 aliphatic rings. The van der Waals surface area contributed by atoms with E-state index in [1.165, 1.54) is 0 Å². The van der Waals surface area contributed by atoms with Crippen molar-refractivity contribution in [3.05, 3.63) is 0 Å². The molecule has 0 spiro atoms. The van der Waals surface area contributed by atoms with Crippen LogP contribution in [0.4, 0.5) is 0 Å². The van der Waals surface area contributed by atoms with Crippen LogP contribution < -0.4 is 0 Å². The molecule has 0 bridgehead atoms. The first-order chi connectivity index (χ1) is 4.74. The Morgan fingerprint density at radius 3 is 2.80 bits per heavy atom. The normalized spacial score (nSPS) is 40.5. The van der Waals surface area contributed by atoms with Gasteiger partial charge in [0.15, 0.2) is 0 Å². The van der Waals surface area contributed by atoms with E-state index in [1.807, 2.05) is 6.92 Å². The minimum atomic E-state index is -0.338. The fourth-order valence-electron chi connectivity index (χ4n) is 1.25. The first-order valence-corrected chi connectivity index (χ1v) is 3.56. The lowest BCUT2D eigenvalue weighted by atomic mass is 10.1. The summed E-state index contributed by atoms with van der Waals surface area (Å²) < 4.78 is 10.2. The Morgan fingerprint density at radius 1 is 1.70 bits per heavy atom. The van der Waals surface area contributed by atoms with Crippen LogP contribution in [-0.4, -0.2) is 37.1 Å². The number of methoxy groups -OCH3 is 1. The molecule has 1 aliphatic heterocycles. The maximum Gasteiger partial charge on any atom is 0.107 e. The number of rotatable bonds is 2. The highest BCUT2D eigenvalue weighted by molar-refractivity contribution is 4.79. The second kappa shape index (κ2) is 3.32. The number of hydrogen-bond donors (Lipinski definition) is 1. The predicted molar refractivity (Wildman–Crippen MR) is 36.8 cm³/mol. The summed E-state index contributed by atoms with van der Waals surface area (Å²) in [6.45, 7) is 2.45. The molecule has 0 aromatic heterocycles. The molecule has 0 aromatic carbocycles. The summed E-state index contributed by atoms with van der Waals surface area (Å²) >= 11 is 0. The van der Waals surface area contributed by atoms with Gasteiger partial charge < -0.3 is 14.6 Å². The van der Waals surface area contributed by atoms with Gasteiger partial charge >= 0.3 is 0 Å². The van der Waals surface area contributed by atoms with Crippen LogP contribution >= 0.6 is 0 Å². The Labute approximate surface area is 60.9 Å². The molecule has 0 radical (unpaired) electrons. The van der Waals surface area contributed by atoms with Crippen molar-refractivity contribution in [2.24, 2.45) is 0 Å². The van der Waals surface area contributed by atoms with Gasteiger partial charge in [0.2, 0.25) is 0 Å². The van der Waals surface area contributed by atoms with Crippen molar-refractivity contribution in [3.63, 3.8) is 0 Å². The molecule has 3 heteroatoms. The Hall–Kier alpha value is -0.120. The van der Waals surface area contributed by atoms with Gasteiger partial charge in [-0.15, -0.1) is 0 Å². The second-order valence-electron chi connectivity index (χ2n) is 2.74. The van der Waals surface area contributed by atoms with E-state index in [9.17, 15) is 5.11 Å². The highest BCUT2D eigenvalue weighted by atomic mass is 16.5. The maximum atomic E-state index is 9.29. The summed E-state index contributed by atoms with van der Waals surface area (Å²) in [7, 11) is 1.61. The summed E-state index contributed by atoms with van der Waals surface area (Å²) in [6.07, 6.45) is 0.457. The van der Waals surface area contributed by atoms with Crippen molar-refractivity contribution in [1.82, 2.24) is 0 Å². The third-order valence-electron chi connectivity index (χ3n) is 1.74. The molecule has 0 aliphatic carbocycles. The van der Waals surface area contributed by atoms with Gasteiger partial charge in [-0.2, -0.15) is 0 Å². The molecule has 1 fully saturated rings. The predicted octanol–water partition coefficient (Wildman–Crippen LogP) is 0.171. The van der Waals surface area contributed by atoms with E-state index >= 15 is 0 Å². The Morgan fingerprint density at radius 2 is 2.40 bits per heavy atom. The summed E-state index contributed by atoms with van der Waals surface area (Å²) in [5, 5.41) is 9.29. The molecule has 0 unspecified atom stereocenters. The van der Waals surface area contributed by atoms with Crippen LogP contribution in [0.25, 0.3) is 0 Å². The minimum absolute atomic E-state index is 0.111. The van der Waals surface area contributed by atoms with Gasteiger partial charge in [-0.05, 0) is 6.92 Å². The van der Waals surface area contributed by atoms with E-state index in [4.69, 9.17) is 9.47 Å². The maximum absolute atomic E-state index is 9.29. The number of hydrogen-bond acceptors (Lipinski definition) is 3. The molecule has 10 heavy (non-hydrogen) atoms. The van der Waals surface area contributed by atoms with Crippen molar-refractivity contribution in [3.8, 4) is 0 Å². The molecule has 1 N–H and O–H groups in total. The fourth-order valence-corrected chi connectivity index (χ4v) is 1.25. The first-order valence-electron chi connectivity index (χ1n) is 3.56. The third-order valence-corrected chi connectivity index (χ3v) is 1.74. The van der Waals surface area contributed by atoms with Gasteiger partial charge in [-0.25, -0.2) is 0 Å². The molecule has 1 rings (SSSR count). The Balaban J connectivity index is 2.31. The zero-order chi connectivity index (χ0) is 7.56. The van der Waals surface area contributed by atoms with Crippen molar-refractivity contribution >= 4 is 0 Å². The summed E-state index contributed by atoms with van der Waals surface area (Å²) in [5.74, 6) is 0. The van der Waals surface area contributed by atoms with Crippen LogP contribution in [0.1, 0.15) is 13.3 Å². The SMILES string of the molecule is COC[C@H]1O[C@@H](C)C[C@H]1O. The zero-order valence-electron chi connectivity index (χ0n) is 6.41. The van der Waals surface area contributed by atoms with E-state index in [2.05, 4.69) is 0 Å². The lowest BCUT2D eigenvalue weighted by Gasteiger charge is -2.11. The Kier molecular flexibility index (Phi) is 2.65. The lowest BCUT2D eigenvalue weighted by molar-refractivity contribution is -0.0288. The number of aliphatic hydroxyl groups is 1. The van der Waals surface area contributed by atoms with Crippen LogP contribution in [-0.2, 0) is 9.47 Å². The highest BCUT2D eigenvalue weighted by Crippen LogP contribution is 2.19. The topological polar surface area (TPSA) is 38.7 Å². The van der Waals surface area contributed by atoms with E-state index in [1.54, 1.807) is 7.11 Å². The van der Waals surface area contributed by atoms with Gasteiger partial charge in [0.25, 0.3) is 0 Å². The van der Waals surface area contributed by atoms with Crippen molar-refractivity contribution in [2.45, 2.75) is 31.7 Å². The molecule has 0 amide bonds. The van der Waals surface area contributed by atoms with Gasteiger partial charge in [0.05, 0.1) is 18.8 Å². The van der Waals surface area contributed by atoms with Gasteiger partial charge in [-0.1, -0.05) is 0 Å². The van der Waals surface area contributed by atoms with E-state index in [0.29, 0.717) is 6.61 Å². The van der Waals surface area contributed by atoms with Crippen molar-refractivity contribution < 1.29 is 14.6 Å². The lowest BCUT2D eigenvalue weighted by Crippen LogP contribution is -2.25. The van der Waals surface area contributed by atoms with E-state index in [-0.39, 0.29) is 18.3 Å². The quantitative estimate of drug-likeness (QED) is 0.603. The van der Waals surface area contributed by atoms with Crippen molar-refractivity contribution in [1.29, 1.82) is 0 Å². The first kappa shape index (κ1) is 7.98. The number of aliphatic hydroxyl groups excluding tert-OH is 1. The summed E-state index contributed by atoms with van der Waals surface area (Å²) in [6, 6.07) is 0. The fraction of sp³-hybridized carbons (Fsp3) is 1.00. The van der Waals surface area contributed by atoms with E-state index < -0.39 is 0 Å². The molecular formula is C7H14O3. The van der Waals surface area contributed by atoms with Crippen LogP contribution in [0.5, 0.6) is 0 Å². The molecule has 0 aromatic rings. The van der Waals surface area contributed by atoms with Crippen LogP contribution in [0.2, 0.25) is 0 Å². The molecule has 3 atom stereocenters. The van der Waals surface area contributed by atoms with Gasteiger partial charge in [0, 0.05) is 13.5 Å². The third kappa shape index (κ3) is 1.68. The summed E-state index contributed by atoms with van der Waals surface area (Å²) in [5.41, 5.74) is 0. The van der Waals surface area contributed by atoms with Crippen LogP contribution in [0, 0.1) is 0 Å². The standard InChI is InChI=1S/C7H14O3/c1-5-3-6(8)7(10-5)4-9-2/h5-8H,3-4H2,1-2H3/t5-,6+,7+/m0/s1. The molecular weight excluding hydrogens is 132 g/mol. The van der Waals surface area contributed by atoms with Gasteiger partial charge in [0.1, 0.15) is 6.10 Å². The minimum Gasteiger partial charge on any atom is -0.390 e. The van der Waals surface area contributed by atoms with Crippen LogP contribution in [0.3, 0.4) is 0 Å². The second-order valence-corrected chi connectivity index (χ2v) is 2.74. The summed E-state index contributed by atoms with van der Waals surface area (Å²) in [4.78, 5) is 0. The highest BCUT2D eigenvalue weighted by Gasteiger charge is 2.30. The average molecular weight is 146 g/mol. The molecule has 1 heterocycles. The molecule has 1 saturated heterocycles. The monoisotopic (exact) mass is 146 g/mol.